The van der Waals surface area contributed by atoms with Crippen LogP contribution < -0.4 is 5.43 Å². The number of hydrazone groups is 1. The van der Waals surface area contributed by atoms with Crippen molar-refractivity contribution in [2.45, 2.75) is 84.7 Å². The molecule has 31 heavy (non-hydrogen) atoms. The Morgan fingerprint density at radius 2 is 1.94 bits per heavy atom. The van der Waals surface area contributed by atoms with E-state index >= 15 is 0 Å². The third-order valence-corrected chi connectivity index (χ3v) is 9.95. The summed E-state index contributed by atoms with van der Waals surface area (Å²) >= 11 is 0. The Bertz CT molecular complexity index is 895. The van der Waals surface area contributed by atoms with Gasteiger partial charge in [-0.25, -0.2) is 5.43 Å². The summed E-state index contributed by atoms with van der Waals surface area (Å²) in [7, 11) is 0. The molecule has 4 fully saturated rings. The standard InChI is InChI=1S/C27H38N2O2/c1-17-5-4-6-18(15-17)25(31)29-28-24-10-9-22-21-8-7-19-16-20(30)11-13-26(19,2)23(21)12-14-27(22,24)3/h4-6,15,19-23,30H,7-14,16H2,1-3H3,(H,29,31)/b28-24+. The van der Waals surface area contributed by atoms with Crippen molar-refractivity contribution in [2.75, 3.05) is 0 Å². The predicted octanol–water partition coefficient (Wildman–Crippen LogP) is 5.48. The number of hydrogen-bond acceptors (Lipinski definition) is 3. The number of aliphatic hydroxyl groups is 1. The van der Waals surface area contributed by atoms with Crippen LogP contribution in [0, 0.1) is 41.4 Å². The largest absolute Gasteiger partial charge is 0.393 e. The number of amides is 1. The van der Waals surface area contributed by atoms with Gasteiger partial charge in [0, 0.05) is 16.7 Å². The van der Waals surface area contributed by atoms with E-state index in [1.807, 2.05) is 31.2 Å². The summed E-state index contributed by atoms with van der Waals surface area (Å²) in [5.41, 5.74) is 6.39. The summed E-state index contributed by atoms with van der Waals surface area (Å²) < 4.78 is 0. The smallest absolute Gasteiger partial charge is 0.271 e. The Labute approximate surface area is 186 Å². The zero-order valence-corrected chi connectivity index (χ0v) is 19.4. The van der Waals surface area contributed by atoms with Gasteiger partial charge in [-0.05, 0) is 106 Å². The monoisotopic (exact) mass is 422 g/mol. The van der Waals surface area contributed by atoms with E-state index in [4.69, 9.17) is 5.10 Å². The van der Waals surface area contributed by atoms with Gasteiger partial charge in [0.05, 0.1) is 6.10 Å². The third kappa shape index (κ3) is 3.46. The highest BCUT2D eigenvalue weighted by atomic mass is 16.3. The van der Waals surface area contributed by atoms with Gasteiger partial charge in [-0.1, -0.05) is 31.5 Å². The van der Waals surface area contributed by atoms with Crippen molar-refractivity contribution in [3.8, 4) is 0 Å². The van der Waals surface area contributed by atoms with E-state index in [2.05, 4.69) is 19.3 Å². The van der Waals surface area contributed by atoms with Gasteiger partial charge in [-0.3, -0.25) is 4.79 Å². The highest BCUT2D eigenvalue weighted by molar-refractivity contribution is 5.97. The molecule has 4 saturated carbocycles. The quantitative estimate of drug-likeness (QED) is 0.620. The van der Waals surface area contributed by atoms with E-state index in [0.29, 0.717) is 22.8 Å². The topological polar surface area (TPSA) is 61.7 Å². The second-order valence-corrected chi connectivity index (χ2v) is 11.4. The van der Waals surface area contributed by atoms with E-state index in [-0.39, 0.29) is 17.4 Å². The van der Waals surface area contributed by atoms with Crippen LogP contribution in [0.15, 0.2) is 29.4 Å². The minimum Gasteiger partial charge on any atom is -0.393 e. The summed E-state index contributed by atoms with van der Waals surface area (Å²) in [5, 5.41) is 15.0. The molecule has 0 spiro atoms. The maximum absolute atomic E-state index is 12.6. The predicted molar refractivity (Wildman–Crippen MR) is 124 cm³/mol. The molecule has 0 aliphatic heterocycles. The van der Waals surface area contributed by atoms with Gasteiger partial charge in [-0.2, -0.15) is 5.10 Å². The van der Waals surface area contributed by atoms with Gasteiger partial charge in [0.1, 0.15) is 0 Å². The highest BCUT2D eigenvalue weighted by Crippen LogP contribution is 2.65. The average molecular weight is 423 g/mol. The molecule has 1 aromatic rings. The number of rotatable bonds is 2. The molecule has 2 N–H and O–H groups in total. The molecule has 0 saturated heterocycles. The summed E-state index contributed by atoms with van der Waals surface area (Å²) in [6.07, 6.45) is 10.4. The molecule has 168 valence electrons. The lowest BCUT2D eigenvalue weighted by Crippen LogP contribution is -2.54. The number of fused-ring (bicyclic) bond motifs is 5. The van der Waals surface area contributed by atoms with E-state index in [1.165, 1.54) is 44.2 Å². The Balaban J connectivity index is 1.33. The molecule has 7 atom stereocenters. The first-order valence-electron chi connectivity index (χ1n) is 12.4. The number of nitrogens with zero attached hydrogens (tertiary/aromatic N) is 1. The lowest BCUT2D eigenvalue weighted by Gasteiger charge is -2.60. The van der Waals surface area contributed by atoms with Crippen LogP contribution in [0.2, 0.25) is 0 Å². The van der Waals surface area contributed by atoms with Crippen molar-refractivity contribution in [1.29, 1.82) is 0 Å². The molecule has 0 aromatic heterocycles. The fraction of sp³-hybridized carbons (Fsp3) is 0.704. The van der Waals surface area contributed by atoms with Crippen LogP contribution in [0.3, 0.4) is 0 Å². The minimum atomic E-state index is -0.106. The number of hydrogen-bond donors (Lipinski definition) is 2. The van der Waals surface area contributed by atoms with Gasteiger partial charge in [0.2, 0.25) is 0 Å². The summed E-state index contributed by atoms with van der Waals surface area (Å²) in [6, 6.07) is 7.70. The molecular formula is C27H38N2O2. The third-order valence-electron chi connectivity index (χ3n) is 9.95. The van der Waals surface area contributed by atoms with E-state index in [1.54, 1.807) is 0 Å². The number of aryl methyl sites for hydroxylation is 1. The average Bonchev–Trinajstić information content (AvgIpc) is 3.09. The molecule has 0 heterocycles. The first kappa shape index (κ1) is 21.2. The Morgan fingerprint density at radius 3 is 2.74 bits per heavy atom. The van der Waals surface area contributed by atoms with Gasteiger partial charge >= 0.3 is 0 Å². The fourth-order valence-electron chi connectivity index (χ4n) is 8.18. The molecule has 0 radical (unpaired) electrons. The van der Waals surface area contributed by atoms with Crippen LogP contribution >= 0.6 is 0 Å². The fourth-order valence-corrected chi connectivity index (χ4v) is 8.18. The van der Waals surface area contributed by atoms with Crippen molar-refractivity contribution < 1.29 is 9.90 Å². The summed E-state index contributed by atoms with van der Waals surface area (Å²) in [6.45, 7) is 6.96. The van der Waals surface area contributed by atoms with Gasteiger partial charge < -0.3 is 5.11 Å². The lowest BCUT2D eigenvalue weighted by molar-refractivity contribution is -0.113. The first-order valence-corrected chi connectivity index (χ1v) is 12.4. The van der Waals surface area contributed by atoms with Crippen LogP contribution in [0.4, 0.5) is 0 Å². The molecule has 4 nitrogen and oxygen atoms in total. The SMILES string of the molecule is Cc1cccc(C(=O)N/N=C2\CCC3C4CCC5CC(O)CCC5(C)C4CCC23C)c1. The molecule has 7 unspecified atom stereocenters. The maximum atomic E-state index is 12.6. The number of nitrogens with one attached hydrogen (secondary N) is 1. The molecule has 5 rings (SSSR count). The van der Waals surface area contributed by atoms with Gasteiger partial charge in [-0.15, -0.1) is 0 Å². The van der Waals surface area contributed by atoms with Gasteiger partial charge in [0.15, 0.2) is 0 Å². The highest BCUT2D eigenvalue weighted by Gasteiger charge is 2.59. The van der Waals surface area contributed by atoms with E-state index in [9.17, 15) is 9.90 Å². The van der Waals surface area contributed by atoms with Crippen LogP contribution in [0.1, 0.15) is 87.6 Å². The van der Waals surface area contributed by atoms with Crippen LogP contribution in [0.25, 0.3) is 0 Å². The molecule has 0 bridgehead atoms. The number of benzene rings is 1. The van der Waals surface area contributed by atoms with Crippen molar-refractivity contribution in [2.24, 2.45) is 39.6 Å². The zero-order chi connectivity index (χ0) is 21.8. The molecular weight excluding hydrogens is 384 g/mol. The zero-order valence-electron chi connectivity index (χ0n) is 19.4. The number of carbonyl (C=O) groups is 1. The molecule has 4 aliphatic rings. The normalized spacial score (nSPS) is 43.1. The van der Waals surface area contributed by atoms with Crippen LogP contribution in [0.5, 0.6) is 0 Å². The van der Waals surface area contributed by atoms with E-state index in [0.717, 1.165) is 36.7 Å². The number of aliphatic hydroxyl groups excluding tert-OH is 1. The van der Waals surface area contributed by atoms with Crippen molar-refractivity contribution in [3.05, 3.63) is 35.4 Å². The molecule has 1 aromatic carbocycles. The first-order chi connectivity index (χ1) is 14.8. The second kappa shape index (κ2) is 7.72. The Kier molecular flexibility index (Phi) is 5.28. The minimum absolute atomic E-state index is 0.0780. The van der Waals surface area contributed by atoms with Crippen molar-refractivity contribution in [1.82, 2.24) is 5.43 Å². The molecule has 1 amide bonds. The second-order valence-electron chi connectivity index (χ2n) is 11.4. The number of carbonyl (C=O) groups excluding carboxylic acids is 1. The van der Waals surface area contributed by atoms with Crippen molar-refractivity contribution in [3.63, 3.8) is 0 Å². The Hall–Kier alpha value is -1.68. The van der Waals surface area contributed by atoms with Crippen LogP contribution in [-0.4, -0.2) is 22.8 Å². The van der Waals surface area contributed by atoms with Crippen molar-refractivity contribution >= 4 is 11.6 Å². The maximum Gasteiger partial charge on any atom is 0.271 e. The summed E-state index contributed by atoms with van der Waals surface area (Å²) in [4.78, 5) is 12.6. The van der Waals surface area contributed by atoms with E-state index < -0.39 is 0 Å². The molecule has 4 aliphatic carbocycles. The summed E-state index contributed by atoms with van der Waals surface area (Å²) in [5.74, 6) is 2.84. The van der Waals surface area contributed by atoms with Crippen LogP contribution in [-0.2, 0) is 0 Å². The molecule has 4 heteroatoms. The lowest BCUT2D eigenvalue weighted by atomic mass is 9.45. The van der Waals surface area contributed by atoms with Gasteiger partial charge in [0.25, 0.3) is 5.91 Å². The Morgan fingerprint density at radius 1 is 1.10 bits per heavy atom.